The van der Waals surface area contributed by atoms with E-state index in [1.54, 1.807) is 12.1 Å². The molecule has 1 heterocycles. The lowest BCUT2D eigenvalue weighted by Gasteiger charge is -2.23. The Morgan fingerprint density at radius 2 is 1.82 bits per heavy atom. The molecular formula is C16H21NO4S. The molecule has 5 nitrogen and oxygen atoms in total. The van der Waals surface area contributed by atoms with E-state index in [0.717, 1.165) is 6.42 Å². The number of rotatable bonds is 4. The van der Waals surface area contributed by atoms with Crippen molar-refractivity contribution in [2.45, 2.75) is 37.3 Å². The second-order valence-corrected chi connectivity index (χ2v) is 8.46. The van der Waals surface area contributed by atoms with E-state index >= 15 is 0 Å². The number of carbonyl (C=O) groups excluding carboxylic acids is 1. The number of ether oxygens (including phenoxy) is 1. The molecule has 1 aromatic rings. The molecule has 22 heavy (non-hydrogen) atoms. The molecular weight excluding hydrogens is 302 g/mol. The molecule has 2 aliphatic rings. The Balaban J connectivity index is 1.53. The van der Waals surface area contributed by atoms with Gasteiger partial charge in [0.15, 0.2) is 0 Å². The standard InChI is InChI=1S/C16H21NO4S/c1-21-16(18)12-4-2-11(3-5-12)14-10-15(14)17-13-6-8-22(19,20)9-7-13/h2-5,13-15,17H,6-10H2,1H3. The summed E-state index contributed by atoms with van der Waals surface area (Å²) in [5.74, 6) is 0.747. The van der Waals surface area contributed by atoms with Gasteiger partial charge in [-0.2, -0.15) is 0 Å². The SMILES string of the molecule is COC(=O)c1ccc(C2CC2NC2CCS(=O)(=O)CC2)cc1. The van der Waals surface area contributed by atoms with Crippen LogP contribution in [-0.4, -0.2) is 45.1 Å². The van der Waals surface area contributed by atoms with Crippen molar-refractivity contribution in [1.82, 2.24) is 5.32 Å². The van der Waals surface area contributed by atoms with Gasteiger partial charge in [0.2, 0.25) is 0 Å². The molecule has 1 saturated carbocycles. The van der Waals surface area contributed by atoms with Gasteiger partial charge in [-0.3, -0.25) is 0 Å². The first-order chi connectivity index (χ1) is 10.5. The molecule has 120 valence electrons. The van der Waals surface area contributed by atoms with E-state index in [9.17, 15) is 13.2 Å². The average Bonchev–Trinajstić information content (AvgIpc) is 3.28. The third-order valence-electron chi connectivity index (χ3n) is 4.55. The number of nitrogens with one attached hydrogen (secondary N) is 1. The van der Waals surface area contributed by atoms with Gasteiger partial charge in [-0.1, -0.05) is 12.1 Å². The Hall–Kier alpha value is -1.40. The maximum Gasteiger partial charge on any atom is 0.337 e. The minimum Gasteiger partial charge on any atom is -0.465 e. The molecule has 1 saturated heterocycles. The summed E-state index contributed by atoms with van der Waals surface area (Å²) >= 11 is 0. The second kappa shape index (κ2) is 6.01. The third kappa shape index (κ3) is 3.50. The molecule has 1 aliphatic heterocycles. The van der Waals surface area contributed by atoms with Crippen molar-refractivity contribution in [3.8, 4) is 0 Å². The highest BCUT2D eigenvalue weighted by Gasteiger charge is 2.40. The maximum absolute atomic E-state index is 11.4. The highest BCUT2D eigenvalue weighted by Crippen LogP contribution is 2.41. The van der Waals surface area contributed by atoms with Crippen molar-refractivity contribution in [2.75, 3.05) is 18.6 Å². The van der Waals surface area contributed by atoms with Gasteiger partial charge in [0, 0.05) is 18.0 Å². The molecule has 1 aliphatic carbocycles. The molecule has 3 rings (SSSR count). The Morgan fingerprint density at radius 1 is 1.18 bits per heavy atom. The molecule has 1 N–H and O–H groups in total. The smallest absolute Gasteiger partial charge is 0.337 e. The number of methoxy groups -OCH3 is 1. The van der Waals surface area contributed by atoms with E-state index < -0.39 is 9.84 Å². The number of hydrogen-bond acceptors (Lipinski definition) is 5. The molecule has 0 amide bonds. The zero-order valence-electron chi connectivity index (χ0n) is 12.6. The Kier molecular flexibility index (Phi) is 4.23. The quantitative estimate of drug-likeness (QED) is 0.850. The van der Waals surface area contributed by atoms with Crippen molar-refractivity contribution >= 4 is 15.8 Å². The normalized spacial score (nSPS) is 27.3. The highest BCUT2D eigenvalue weighted by atomic mass is 32.2. The van der Waals surface area contributed by atoms with Crippen LogP contribution >= 0.6 is 0 Å². The molecule has 1 aromatic carbocycles. The zero-order chi connectivity index (χ0) is 15.7. The first-order valence-electron chi connectivity index (χ1n) is 7.63. The second-order valence-electron chi connectivity index (χ2n) is 6.16. The summed E-state index contributed by atoms with van der Waals surface area (Å²) in [5.41, 5.74) is 1.78. The summed E-state index contributed by atoms with van der Waals surface area (Å²) in [6.45, 7) is 0. The predicted molar refractivity (Wildman–Crippen MR) is 83.7 cm³/mol. The largest absolute Gasteiger partial charge is 0.465 e. The average molecular weight is 323 g/mol. The molecule has 2 atom stereocenters. The number of hydrogen-bond donors (Lipinski definition) is 1. The molecule has 0 spiro atoms. The lowest BCUT2D eigenvalue weighted by molar-refractivity contribution is 0.0600. The number of sulfone groups is 1. The molecule has 0 bridgehead atoms. The van der Waals surface area contributed by atoms with Gasteiger partial charge in [-0.15, -0.1) is 0 Å². The third-order valence-corrected chi connectivity index (χ3v) is 6.27. The monoisotopic (exact) mass is 323 g/mol. The van der Waals surface area contributed by atoms with Crippen LogP contribution in [-0.2, 0) is 14.6 Å². The van der Waals surface area contributed by atoms with Crippen molar-refractivity contribution < 1.29 is 17.9 Å². The van der Waals surface area contributed by atoms with Crippen LogP contribution in [0.15, 0.2) is 24.3 Å². The van der Waals surface area contributed by atoms with E-state index in [1.807, 2.05) is 12.1 Å². The Bertz CT molecular complexity index is 639. The van der Waals surface area contributed by atoms with Gasteiger partial charge in [0.25, 0.3) is 0 Å². The first-order valence-corrected chi connectivity index (χ1v) is 9.45. The van der Waals surface area contributed by atoms with Crippen LogP contribution in [0.4, 0.5) is 0 Å². The Labute approximate surface area is 131 Å². The van der Waals surface area contributed by atoms with E-state index in [0.29, 0.717) is 47.9 Å². The summed E-state index contributed by atoms with van der Waals surface area (Å²) in [6.07, 6.45) is 2.50. The van der Waals surface area contributed by atoms with Crippen LogP contribution in [0.5, 0.6) is 0 Å². The lowest BCUT2D eigenvalue weighted by atomic mass is 10.1. The van der Waals surface area contributed by atoms with Crippen LogP contribution in [0.2, 0.25) is 0 Å². The fourth-order valence-electron chi connectivity index (χ4n) is 3.09. The van der Waals surface area contributed by atoms with E-state index in [1.165, 1.54) is 12.7 Å². The van der Waals surface area contributed by atoms with Crippen LogP contribution in [0.3, 0.4) is 0 Å². The predicted octanol–water partition coefficient (Wildman–Crippen LogP) is 1.50. The Morgan fingerprint density at radius 3 is 2.41 bits per heavy atom. The van der Waals surface area contributed by atoms with Gasteiger partial charge >= 0.3 is 5.97 Å². The van der Waals surface area contributed by atoms with Crippen molar-refractivity contribution in [3.63, 3.8) is 0 Å². The fraction of sp³-hybridized carbons (Fsp3) is 0.562. The van der Waals surface area contributed by atoms with E-state index in [-0.39, 0.29) is 5.97 Å². The molecule has 2 unspecified atom stereocenters. The fourth-order valence-corrected chi connectivity index (χ4v) is 4.58. The van der Waals surface area contributed by atoms with Crippen molar-refractivity contribution in [1.29, 1.82) is 0 Å². The van der Waals surface area contributed by atoms with Crippen molar-refractivity contribution in [3.05, 3.63) is 35.4 Å². The first kappa shape index (κ1) is 15.5. The van der Waals surface area contributed by atoms with Crippen LogP contribution in [0, 0.1) is 0 Å². The van der Waals surface area contributed by atoms with E-state index in [2.05, 4.69) is 5.32 Å². The van der Waals surface area contributed by atoms with Crippen molar-refractivity contribution in [2.24, 2.45) is 0 Å². The number of benzene rings is 1. The van der Waals surface area contributed by atoms with Gasteiger partial charge in [0.05, 0.1) is 24.2 Å². The van der Waals surface area contributed by atoms with Crippen LogP contribution in [0.25, 0.3) is 0 Å². The summed E-state index contributed by atoms with van der Waals surface area (Å²) in [7, 11) is -1.42. The minimum atomic E-state index is -2.80. The summed E-state index contributed by atoms with van der Waals surface area (Å²) < 4.78 is 27.5. The van der Waals surface area contributed by atoms with Gasteiger partial charge in [-0.25, -0.2) is 13.2 Å². The summed E-state index contributed by atoms with van der Waals surface area (Å²) in [5, 5.41) is 3.57. The molecule has 2 fully saturated rings. The zero-order valence-corrected chi connectivity index (χ0v) is 13.4. The van der Waals surface area contributed by atoms with Crippen LogP contribution in [0.1, 0.15) is 41.1 Å². The van der Waals surface area contributed by atoms with Gasteiger partial charge in [0.1, 0.15) is 9.84 Å². The summed E-state index contributed by atoms with van der Waals surface area (Å²) in [4.78, 5) is 11.4. The van der Waals surface area contributed by atoms with E-state index in [4.69, 9.17) is 4.74 Å². The molecule has 6 heteroatoms. The number of esters is 1. The maximum atomic E-state index is 11.4. The summed E-state index contributed by atoms with van der Waals surface area (Å²) in [6, 6.07) is 8.28. The topological polar surface area (TPSA) is 72.5 Å². The van der Waals surface area contributed by atoms with Gasteiger partial charge in [-0.05, 0) is 37.0 Å². The molecule has 0 aromatic heterocycles. The lowest BCUT2D eigenvalue weighted by Crippen LogP contribution is -2.39. The van der Waals surface area contributed by atoms with Gasteiger partial charge < -0.3 is 10.1 Å². The molecule has 0 radical (unpaired) electrons. The highest BCUT2D eigenvalue weighted by molar-refractivity contribution is 7.91. The minimum absolute atomic E-state index is 0.301. The number of carbonyl (C=O) groups is 1. The van der Waals surface area contributed by atoms with Crippen LogP contribution < -0.4 is 5.32 Å².